The Bertz CT molecular complexity index is 678. The number of rotatable bonds is 4. The number of amides is 2. The van der Waals surface area contributed by atoms with E-state index in [1.165, 1.54) is 6.42 Å². The molecule has 1 aromatic rings. The highest BCUT2D eigenvalue weighted by Gasteiger charge is 2.35. The molecule has 5 nitrogen and oxygen atoms in total. The highest BCUT2D eigenvalue weighted by atomic mass is 16.2. The second-order valence-corrected chi connectivity index (χ2v) is 9.09. The molecule has 3 atom stereocenters. The van der Waals surface area contributed by atoms with Crippen LogP contribution in [0.15, 0.2) is 24.3 Å². The maximum absolute atomic E-state index is 12.9. The molecule has 5 heteroatoms. The van der Waals surface area contributed by atoms with E-state index in [9.17, 15) is 9.59 Å². The van der Waals surface area contributed by atoms with Crippen LogP contribution in [-0.4, -0.2) is 54.8 Å². The summed E-state index contributed by atoms with van der Waals surface area (Å²) in [4.78, 5) is 29.7. The van der Waals surface area contributed by atoms with E-state index < -0.39 is 0 Å². The minimum Gasteiger partial charge on any atom is -0.336 e. The van der Waals surface area contributed by atoms with Gasteiger partial charge in [0.1, 0.15) is 0 Å². The number of benzene rings is 1. The average molecular weight is 386 g/mol. The monoisotopic (exact) mass is 385 g/mol. The average Bonchev–Trinajstić information content (AvgIpc) is 2.68. The lowest BCUT2D eigenvalue weighted by molar-refractivity contribution is -0.123. The third-order valence-corrected chi connectivity index (χ3v) is 6.55. The molecular formula is C23H35N3O2. The van der Waals surface area contributed by atoms with E-state index in [1.807, 2.05) is 29.2 Å². The highest BCUT2D eigenvalue weighted by molar-refractivity contribution is 5.96. The molecule has 0 spiro atoms. The van der Waals surface area contributed by atoms with Crippen LogP contribution in [0.1, 0.15) is 50.4 Å². The van der Waals surface area contributed by atoms with Gasteiger partial charge in [-0.3, -0.25) is 9.59 Å². The maximum atomic E-state index is 12.9. The molecule has 28 heavy (non-hydrogen) atoms. The number of likely N-dealkylation sites (N-methyl/N-ethyl adjacent to an activating group) is 1. The van der Waals surface area contributed by atoms with E-state index in [4.69, 9.17) is 0 Å². The van der Waals surface area contributed by atoms with Crippen molar-refractivity contribution in [1.82, 2.24) is 9.80 Å². The zero-order chi connectivity index (χ0) is 20.3. The maximum Gasteiger partial charge on any atom is 0.253 e. The van der Waals surface area contributed by atoms with Crippen LogP contribution in [0.25, 0.3) is 0 Å². The molecule has 2 fully saturated rings. The van der Waals surface area contributed by atoms with E-state index in [2.05, 4.69) is 38.0 Å². The van der Waals surface area contributed by atoms with Gasteiger partial charge in [-0.15, -0.1) is 0 Å². The molecule has 2 aliphatic rings. The summed E-state index contributed by atoms with van der Waals surface area (Å²) in [5.74, 6) is 1.86. The van der Waals surface area contributed by atoms with E-state index in [1.54, 1.807) is 0 Å². The Kier molecular flexibility index (Phi) is 6.76. The Hall–Kier alpha value is -1.88. The Morgan fingerprint density at radius 1 is 1.04 bits per heavy atom. The van der Waals surface area contributed by atoms with Gasteiger partial charge in [-0.05, 0) is 61.9 Å². The first-order chi connectivity index (χ1) is 13.3. The van der Waals surface area contributed by atoms with Gasteiger partial charge >= 0.3 is 0 Å². The van der Waals surface area contributed by atoms with Crippen molar-refractivity contribution in [3.8, 4) is 0 Å². The summed E-state index contributed by atoms with van der Waals surface area (Å²) < 4.78 is 0. The molecule has 0 aromatic heterocycles. The standard InChI is InChI=1S/C23H35N3O2/c1-16(2)20-10-5-17(3)15-21(20)22(27)24-19-8-6-18(7-9-19)23(28)26-13-11-25(4)12-14-26/h6-9,16-17,20-21H,5,10-15H2,1-4H3,(H,24,27)/t17-,20+,21-/m1/s1. The molecule has 1 aliphatic carbocycles. The van der Waals surface area contributed by atoms with Crippen LogP contribution in [0.3, 0.4) is 0 Å². The first-order valence-electron chi connectivity index (χ1n) is 10.7. The third kappa shape index (κ3) is 4.93. The SMILES string of the molecule is CC(C)[C@@H]1CC[C@@H](C)C[C@H]1C(=O)Nc1ccc(C(=O)N2CCN(C)CC2)cc1. The number of hydrogen-bond donors (Lipinski definition) is 1. The van der Waals surface area contributed by atoms with E-state index in [0.29, 0.717) is 23.3 Å². The third-order valence-electron chi connectivity index (χ3n) is 6.55. The number of nitrogens with one attached hydrogen (secondary N) is 1. The lowest BCUT2D eigenvalue weighted by atomic mass is 9.70. The van der Waals surface area contributed by atoms with Gasteiger partial charge in [0, 0.05) is 43.3 Å². The molecule has 1 aliphatic heterocycles. The number of hydrogen-bond acceptors (Lipinski definition) is 3. The number of anilines is 1. The van der Waals surface area contributed by atoms with Crippen LogP contribution < -0.4 is 5.32 Å². The number of piperazine rings is 1. The van der Waals surface area contributed by atoms with Crippen molar-refractivity contribution in [2.24, 2.45) is 23.7 Å². The summed E-state index contributed by atoms with van der Waals surface area (Å²) in [5, 5.41) is 3.10. The van der Waals surface area contributed by atoms with Crippen LogP contribution >= 0.6 is 0 Å². The second-order valence-electron chi connectivity index (χ2n) is 9.09. The summed E-state index contributed by atoms with van der Waals surface area (Å²) >= 11 is 0. The molecule has 1 heterocycles. The van der Waals surface area contributed by atoms with Crippen molar-refractivity contribution in [2.75, 3.05) is 38.5 Å². The van der Waals surface area contributed by atoms with Crippen molar-refractivity contribution in [2.45, 2.75) is 40.0 Å². The summed E-state index contributed by atoms with van der Waals surface area (Å²) in [6, 6.07) is 7.38. The molecule has 3 rings (SSSR count). The fourth-order valence-electron chi connectivity index (χ4n) is 4.63. The van der Waals surface area contributed by atoms with Gasteiger partial charge in [0.05, 0.1) is 0 Å². The van der Waals surface area contributed by atoms with Crippen LogP contribution in [0.2, 0.25) is 0 Å². The molecule has 1 aromatic carbocycles. The van der Waals surface area contributed by atoms with E-state index >= 15 is 0 Å². The quantitative estimate of drug-likeness (QED) is 0.859. The van der Waals surface area contributed by atoms with Gasteiger partial charge in [-0.25, -0.2) is 0 Å². The minimum absolute atomic E-state index is 0.0759. The number of carbonyl (C=O) groups excluding carboxylic acids is 2. The molecular weight excluding hydrogens is 350 g/mol. The van der Waals surface area contributed by atoms with Crippen molar-refractivity contribution in [3.05, 3.63) is 29.8 Å². The molecule has 0 radical (unpaired) electrons. The smallest absolute Gasteiger partial charge is 0.253 e. The Morgan fingerprint density at radius 2 is 1.68 bits per heavy atom. The van der Waals surface area contributed by atoms with E-state index in [0.717, 1.165) is 44.7 Å². The topological polar surface area (TPSA) is 52.7 Å². The molecule has 2 amide bonds. The molecule has 1 saturated heterocycles. The van der Waals surface area contributed by atoms with Crippen molar-refractivity contribution >= 4 is 17.5 Å². The fraction of sp³-hybridized carbons (Fsp3) is 0.652. The van der Waals surface area contributed by atoms with Crippen LogP contribution in [-0.2, 0) is 4.79 Å². The van der Waals surface area contributed by atoms with Gasteiger partial charge in [-0.2, -0.15) is 0 Å². The zero-order valence-corrected chi connectivity index (χ0v) is 17.8. The Balaban J connectivity index is 1.61. The number of nitrogens with zero attached hydrogens (tertiary/aromatic N) is 2. The van der Waals surface area contributed by atoms with Crippen molar-refractivity contribution in [1.29, 1.82) is 0 Å². The van der Waals surface area contributed by atoms with E-state index in [-0.39, 0.29) is 17.7 Å². The van der Waals surface area contributed by atoms with Gasteiger partial charge in [0.2, 0.25) is 5.91 Å². The predicted molar refractivity (Wildman–Crippen MR) is 113 cm³/mol. The molecule has 0 unspecified atom stereocenters. The molecule has 1 N–H and O–H groups in total. The Morgan fingerprint density at radius 3 is 2.29 bits per heavy atom. The molecule has 154 valence electrons. The summed E-state index contributed by atoms with van der Waals surface area (Å²) in [5.41, 5.74) is 1.47. The van der Waals surface area contributed by atoms with Gasteiger partial charge in [0.25, 0.3) is 5.91 Å². The molecule has 1 saturated carbocycles. The van der Waals surface area contributed by atoms with Gasteiger partial charge in [-0.1, -0.05) is 27.2 Å². The van der Waals surface area contributed by atoms with Crippen LogP contribution in [0, 0.1) is 23.7 Å². The van der Waals surface area contributed by atoms with Crippen LogP contribution in [0.4, 0.5) is 5.69 Å². The van der Waals surface area contributed by atoms with Gasteiger partial charge < -0.3 is 15.1 Å². The van der Waals surface area contributed by atoms with Gasteiger partial charge in [0.15, 0.2) is 0 Å². The van der Waals surface area contributed by atoms with Crippen molar-refractivity contribution < 1.29 is 9.59 Å². The normalized spacial score (nSPS) is 26.3. The minimum atomic E-state index is 0.0759. The first kappa shape index (κ1) is 20.8. The summed E-state index contributed by atoms with van der Waals surface area (Å²) in [6.07, 6.45) is 3.32. The Labute approximate surface area is 169 Å². The van der Waals surface area contributed by atoms with Crippen molar-refractivity contribution in [3.63, 3.8) is 0 Å². The first-order valence-corrected chi connectivity index (χ1v) is 10.7. The van der Waals surface area contributed by atoms with Crippen LogP contribution in [0.5, 0.6) is 0 Å². The fourth-order valence-corrected chi connectivity index (χ4v) is 4.63. The predicted octanol–water partition coefficient (Wildman–Crippen LogP) is 3.72. The summed E-state index contributed by atoms with van der Waals surface area (Å²) in [7, 11) is 2.08. The number of carbonyl (C=O) groups is 2. The largest absolute Gasteiger partial charge is 0.336 e. The lowest BCUT2D eigenvalue weighted by Crippen LogP contribution is -2.47. The lowest BCUT2D eigenvalue weighted by Gasteiger charge is -2.36. The second kappa shape index (κ2) is 9.08. The zero-order valence-electron chi connectivity index (χ0n) is 17.8. The molecule has 0 bridgehead atoms. The highest BCUT2D eigenvalue weighted by Crippen LogP contribution is 2.38. The summed E-state index contributed by atoms with van der Waals surface area (Å²) in [6.45, 7) is 10.1.